The number of carbonyl (C=O) groups is 3. The molecule has 18 atom stereocenters. The lowest BCUT2D eigenvalue weighted by Crippen LogP contribution is -2.70. The van der Waals surface area contributed by atoms with Crippen LogP contribution in [-0.2, 0) is 42.8 Å². The van der Waals surface area contributed by atoms with E-state index < -0.39 is 155 Å². The number of hydrogen-bond acceptors (Lipinski definition) is 20. The van der Waals surface area contributed by atoms with Gasteiger partial charge in [-0.15, -0.1) is 0 Å². The third kappa shape index (κ3) is 27.9. The van der Waals surface area contributed by atoms with Gasteiger partial charge in [-0.05, 0) is 19.3 Å². The lowest BCUT2D eigenvalue weighted by atomic mass is 9.88. The van der Waals surface area contributed by atoms with E-state index in [1.165, 1.54) is 141 Å². The highest BCUT2D eigenvalue weighted by Gasteiger charge is 2.60. The third-order valence-electron chi connectivity index (χ3n) is 17.0. The Morgan fingerprint density at radius 3 is 1.55 bits per heavy atom. The average molecular weight is 1240 g/mol. The summed E-state index contributed by atoms with van der Waals surface area (Å²) in [5.74, 6) is -6.14. The van der Waals surface area contributed by atoms with E-state index in [1.54, 1.807) is 6.08 Å². The van der Waals surface area contributed by atoms with E-state index in [-0.39, 0.29) is 12.3 Å². The number of carbonyl (C=O) groups excluding carboxylic acids is 2. The Hall–Kier alpha value is -2.53. The molecule has 3 aliphatic heterocycles. The van der Waals surface area contributed by atoms with Gasteiger partial charge >= 0.3 is 5.97 Å². The van der Waals surface area contributed by atoms with Crippen molar-refractivity contribution in [1.29, 1.82) is 0 Å². The first-order valence-electron chi connectivity index (χ1n) is 33.1. The van der Waals surface area contributed by atoms with Crippen LogP contribution in [0.5, 0.6) is 0 Å². The van der Waals surface area contributed by atoms with E-state index in [1.807, 2.05) is 6.08 Å². The molecule has 0 aromatic carbocycles. The molecule has 0 aromatic heterocycles. The molecule has 0 bridgehead atoms. The second kappa shape index (κ2) is 44.9. The number of amides is 2. The van der Waals surface area contributed by atoms with Crippen LogP contribution in [0, 0.1) is 0 Å². The SMILES string of the molecule is CCCCCCCCCCCC/C=C/C(O)C(COC1OC(CO)C(OC2OC(CO)C(O)C(OC3(C(=O)O)CC(O)C(NC(C)=O)C(C(O)C(O)CO)O3)C2O)C(O)C1O)NC(=O)CCCCCCCCCCCCCCCCCCCCCC. The molecule has 14 N–H and O–H groups in total. The molecule has 18 unspecified atom stereocenters. The summed E-state index contributed by atoms with van der Waals surface area (Å²) in [4.78, 5) is 38.4. The van der Waals surface area contributed by atoms with E-state index in [0.717, 1.165) is 51.9 Å². The highest BCUT2D eigenvalue weighted by Crippen LogP contribution is 2.38. The Bertz CT molecular complexity index is 1810. The molecule has 23 heteroatoms. The molecule has 0 radical (unpaired) electrons. The molecule has 3 rings (SSSR count). The zero-order valence-corrected chi connectivity index (χ0v) is 52.2. The van der Waals surface area contributed by atoms with E-state index in [2.05, 4.69) is 24.5 Å². The second-order valence-electron chi connectivity index (χ2n) is 24.3. The molecule has 2 amide bonds. The molecule has 3 saturated heterocycles. The molecule has 0 spiro atoms. The minimum absolute atomic E-state index is 0.205. The van der Waals surface area contributed by atoms with Crippen LogP contribution in [0.15, 0.2) is 12.2 Å². The lowest BCUT2D eigenvalue weighted by molar-refractivity contribution is -0.386. The first-order valence-corrected chi connectivity index (χ1v) is 33.1. The predicted molar refractivity (Wildman–Crippen MR) is 320 cm³/mol. The minimum atomic E-state index is -3.08. The number of nitrogens with one attached hydrogen (secondary N) is 2. The van der Waals surface area contributed by atoms with Crippen LogP contribution in [0.4, 0.5) is 0 Å². The summed E-state index contributed by atoms with van der Waals surface area (Å²) in [6.07, 6.45) is 11.3. The quantitative estimate of drug-likeness (QED) is 0.0289. The fraction of sp³-hybridized carbons (Fsp3) is 0.921. The molecule has 0 aromatic rings. The van der Waals surface area contributed by atoms with Gasteiger partial charge in [0.15, 0.2) is 12.6 Å². The summed E-state index contributed by atoms with van der Waals surface area (Å²) in [6.45, 7) is 2.12. The minimum Gasteiger partial charge on any atom is -0.477 e. The largest absolute Gasteiger partial charge is 0.477 e. The number of carboxylic acid groups (broad SMARTS) is 1. The molecule has 3 fully saturated rings. The molecule has 0 aliphatic carbocycles. The van der Waals surface area contributed by atoms with Gasteiger partial charge in [0.25, 0.3) is 5.79 Å². The van der Waals surface area contributed by atoms with E-state index in [9.17, 15) is 75.7 Å². The van der Waals surface area contributed by atoms with Crippen LogP contribution >= 0.6 is 0 Å². The Balaban J connectivity index is 1.61. The highest BCUT2D eigenvalue weighted by atomic mass is 16.8. The monoisotopic (exact) mass is 1240 g/mol. The van der Waals surface area contributed by atoms with Crippen LogP contribution in [0.25, 0.3) is 0 Å². The molecule has 3 aliphatic rings. The van der Waals surface area contributed by atoms with E-state index >= 15 is 0 Å². The van der Waals surface area contributed by atoms with Crippen molar-refractivity contribution in [3.05, 3.63) is 12.2 Å². The van der Waals surface area contributed by atoms with Crippen molar-refractivity contribution >= 4 is 17.8 Å². The molecular weight excluding hydrogens is 1120 g/mol. The van der Waals surface area contributed by atoms with Gasteiger partial charge in [0.05, 0.1) is 50.7 Å². The summed E-state index contributed by atoms with van der Waals surface area (Å²) < 4.78 is 34.7. The summed E-state index contributed by atoms with van der Waals surface area (Å²) >= 11 is 0. The number of carboxylic acids is 1. The fourth-order valence-corrected chi connectivity index (χ4v) is 11.6. The van der Waals surface area contributed by atoms with Crippen LogP contribution in [0.3, 0.4) is 0 Å². The normalized spacial score (nSPS) is 29.4. The third-order valence-corrected chi connectivity index (χ3v) is 17.0. The Labute approximate surface area is 511 Å². The molecule has 504 valence electrons. The van der Waals surface area contributed by atoms with E-state index in [0.29, 0.717) is 12.8 Å². The van der Waals surface area contributed by atoms with Gasteiger partial charge in [-0.25, -0.2) is 4.79 Å². The fourth-order valence-electron chi connectivity index (χ4n) is 11.6. The number of rotatable bonds is 49. The topological polar surface area (TPSA) is 373 Å². The van der Waals surface area contributed by atoms with Crippen molar-refractivity contribution in [3.63, 3.8) is 0 Å². The highest BCUT2D eigenvalue weighted by molar-refractivity contribution is 5.77. The number of ether oxygens (including phenoxy) is 6. The summed E-state index contributed by atoms with van der Waals surface area (Å²) in [7, 11) is 0. The zero-order chi connectivity index (χ0) is 63.3. The number of hydrogen-bond donors (Lipinski definition) is 14. The number of aliphatic hydroxyl groups is 11. The summed E-state index contributed by atoms with van der Waals surface area (Å²) in [6, 6.07) is -2.61. The lowest BCUT2D eigenvalue weighted by Gasteiger charge is -2.50. The maximum Gasteiger partial charge on any atom is 0.364 e. The molecule has 86 heavy (non-hydrogen) atoms. The van der Waals surface area contributed by atoms with Gasteiger partial charge in [0.1, 0.15) is 67.1 Å². The predicted octanol–water partition coefficient (Wildman–Crippen LogP) is 4.73. The van der Waals surface area contributed by atoms with Crippen molar-refractivity contribution in [2.75, 3.05) is 26.4 Å². The standard InChI is InChI=1S/C63H116N2O21/c1-4-6-8-10-12-14-16-18-19-20-21-22-23-24-25-27-29-31-33-35-37-50(73)65-44(45(70)36-34-32-30-28-26-17-15-13-11-9-7-5-2)42-81-60-55(77)54(76)57(49(41-68)83-60)84-61-56(78)59(53(75)48(40-67)82-61)86-63(62(79)80)38-46(71)51(64-43(3)69)58(85-63)52(74)47(72)39-66/h34,36,44-49,51-61,66-68,70-72,74-78H,4-33,35,37-42H2,1-3H3,(H,64,69)(H,65,73)(H,79,80)/b36-34+. The molecule has 3 heterocycles. The number of aliphatic hydroxyl groups excluding tert-OH is 11. The van der Waals surface area contributed by atoms with Crippen molar-refractivity contribution < 1.29 is 104 Å². The van der Waals surface area contributed by atoms with Gasteiger partial charge in [0.2, 0.25) is 11.8 Å². The zero-order valence-electron chi connectivity index (χ0n) is 52.2. The van der Waals surface area contributed by atoms with Gasteiger partial charge < -0.3 is 100 Å². The smallest absolute Gasteiger partial charge is 0.364 e. The Kier molecular flexibility index (Phi) is 40.5. The van der Waals surface area contributed by atoms with Crippen molar-refractivity contribution in [1.82, 2.24) is 10.6 Å². The van der Waals surface area contributed by atoms with Crippen LogP contribution in [0.1, 0.15) is 233 Å². The Morgan fingerprint density at radius 2 is 1.08 bits per heavy atom. The Morgan fingerprint density at radius 1 is 0.605 bits per heavy atom. The van der Waals surface area contributed by atoms with Crippen molar-refractivity contribution in [2.45, 2.75) is 342 Å². The number of unbranched alkanes of at least 4 members (excludes halogenated alkanes) is 29. The van der Waals surface area contributed by atoms with Crippen LogP contribution in [0.2, 0.25) is 0 Å². The average Bonchev–Trinajstić information content (AvgIpc) is 2.39. The van der Waals surface area contributed by atoms with Crippen LogP contribution in [-0.4, -0.2) is 215 Å². The van der Waals surface area contributed by atoms with Gasteiger partial charge in [0, 0.05) is 19.8 Å². The number of allylic oxidation sites excluding steroid dienone is 1. The molecule has 23 nitrogen and oxygen atoms in total. The molecular formula is C63H116N2O21. The van der Waals surface area contributed by atoms with Gasteiger partial charge in [-0.1, -0.05) is 206 Å². The van der Waals surface area contributed by atoms with Gasteiger partial charge in [-0.3, -0.25) is 9.59 Å². The van der Waals surface area contributed by atoms with Crippen LogP contribution < -0.4 is 10.6 Å². The maximum absolute atomic E-state index is 13.4. The summed E-state index contributed by atoms with van der Waals surface area (Å²) in [5, 5.41) is 136. The molecule has 0 saturated carbocycles. The first-order chi connectivity index (χ1) is 41.4. The van der Waals surface area contributed by atoms with Gasteiger partial charge in [-0.2, -0.15) is 0 Å². The summed E-state index contributed by atoms with van der Waals surface area (Å²) in [5.41, 5.74) is 0. The van der Waals surface area contributed by atoms with Crippen molar-refractivity contribution in [2.24, 2.45) is 0 Å². The maximum atomic E-state index is 13.4. The van der Waals surface area contributed by atoms with Crippen molar-refractivity contribution in [3.8, 4) is 0 Å². The second-order valence-corrected chi connectivity index (χ2v) is 24.3. The van der Waals surface area contributed by atoms with E-state index in [4.69, 9.17) is 28.4 Å². The first kappa shape index (κ1) is 77.7. The number of aliphatic carboxylic acids is 1.